The number of hydrogen-bond donors (Lipinski definition) is 2. The molecule has 130 valence electrons. The van der Waals surface area contributed by atoms with Gasteiger partial charge < -0.3 is 5.32 Å². The number of benzene rings is 2. The van der Waals surface area contributed by atoms with Gasteiger partial charge in [-0.2, -0.15) is 5.10 Å². The van der Waals surface area contributed by atoms with Crippen LogP contribution >= 0.6 is 0 Å². The highest BCUT2D eigenvalue weighted by molar-refractivity contribution is 6.01. The van der Waals surface area contributed by atoms with E-state index in [0.717, 1.165) is 11.6 Å². The lowest BCUT2D eigenvalue weighted by Crippen LogP contribution is -2.26. The smallest absolute Gasteiger partial charge is 0.271 e. The topological polar surface area (TPSA) is 70.6 Å². The lowest BCUT2D eigenvalue weighted by Gasteiger charge is -2.06. The highest BCUT2D eigenvalue weighted by atomic mass is 19.1. The molecule has 0 unspecified atom stereocenters. The average Bonchev–Trinajstić information content (AvgIpc) is 2.59. The van der Waals surface area contributed by atoms with E-state index in [1.807, 2.05) is 0 Å². The number of nitrogens with zero attached hydrogens (tertiary/aromatic N) is 1. The van der Waals surface area contributed by atoms with Gasteiger partial charge in [-0.1, -0.05) is 18.2 Å². The molecule has 0 aliphatic heterocycles. The molecule has 2 N–H and O–H groups in total. The zero-order valence-electron chi connectivity index (χ0n) is 13.6. The number of hydrazone groups is 1. The molecule has 5 nitrogen and oxygen atoms in total. The Labute approximate surface area is 143 Å². The molecule has 0 atom stereocenters. The van der Waals surface area contributed by atoms with Gasteiger partial charge in [0.1, 0.15) is 11.6 Å². The summed E-state index contributed by atoms with van der Waals surface area (Å²) in [4.78, 5) is 23.6. The Bertz CT molecular complexity index is 789. The molecular weight excluding hydrogens is 328 g/mol. The number of carbonyl (C=O) groups is 2. The summed E-state index contributed by atoms with van der Waals surface area (Å²) in [5.74, 6) is -1.71. The predicted octanol–water partition coefficient (Wildman–Crippen LogP) is 2.78. The molecule has 0 aliphatic rings. The number of carbonyl (C=O) groups excluding carboxylic acids is 2. The summed E-state index contributed by atoms with van der Waals surface area (Å²) in [6.45, 7) is 1.85. The number of nitrogens with one attached hydrogen (secondary N) is 2. The molecule has 0 heterocycles. The van der Waals surface area contributed by atoms with Crippen molar-refractivity contribution in [2.45, 2.75) is 19.9 Å². The molecule has 0 spiro atoms. The monoisotopic (exact) mass is 345 g/mol. The molecule has 2 aromatic carbocycles. The van der Waals surface area contributed by atoms with Crippen molar-refractivity contribution in [3.8, 4) is 0 Å². The normalized spacial score (nSPS) is 11.1. The van der Waals surface area contributed by atoms with Gasteiger partial charge in [0.15, 0.2) is 0 Å². The molecule has 0 radical (unpaired) electrons. The Balaban J connectivity index is 1.80. The molecule has 0 saturated heterocycles. The van der Waals surface area contributed by atoms with Crippen LogP contribution in [-0.2, 0) is 11.3 Å². The van der Waals surface area contributed by atoms with Crippen LogP contribution in [0.5, 0.6) is 0 Å². The zero-order chi connectivity index (χ0) is 18.2. The predicted molar refractivity (Wildman–Crippen MR) is 89.8 cm³/mol. The quantitative estimate of drug-likeness (QED) is 0.624. The molecule has 2 rings (SSSR count). The maximum absolute atomic E-state index is 13.1. The number of halogens is 2. The van der Waals surface area contributed by atoms with Crippen LogP contribution in [0.15, 0.2) is 53.6 Å². The van der Waals surface area contributed by atoms with Crippen molar-refractivity contribution in [3.63, 3.8) is 0 Å². The Hall–Kier alpha value is -3.09. The van der Waals surface area contributed by atoms with Crippen molar-refractivity contribution in [2.75, 3.05) is 0 Å². The summed E-state index contributed by atoms with van der Waals surface area (Å²) >= 11 is 0. The molecule has 2 amide bonds. The van der Waals surface area contributed by atoms with Gasteiger partial charge in [-0.05, 0) is 42.8 Å². The lowest BCUT2D eigenvalue weighted by molar-refractivity contribution is -0.120. The zero-order valence-corrected chi connectivity index (χ0v) is 13.6. The first-order valence-corrected chi connectivity index (χ1v) is 7.54. The van der Waals surface area contributed by atoms with E-state index in [1.165, 1.54) is 30.3 Å². The average molecular weight is 345 g/mol. The second kappa shape index (κ2) is 8.68. The standard InChI is InChI=1S/C18H17F2N3O2/c1-12(22-23-18(25)14-3-2-4-16(20)10-14)9-17(24)21-11-13-5-7-15(19)8-6-13/h2-8,10H,9,11H2,1H3,(H,21,24)(H,23,25). The van der Waals surface area contributed by atoms with E-state index in [1.54, 1.807) is 19.1 Å². The molecule has 0 saturated carbocycles. The molecule has 0 bridgehead atoms. The highest BCUT2D eigenvalue weighted by Crippen LogP contribution is 2.04. The fourth-order valence-electron chi connectivity index (χ4n) is 1.98. The number of hydrogen-bond acceptors (Lipinski definition) is 3. The first kappa shape index (κ1) is 18.3. The van der Waals surface area contributed by atoms with Crippen molar-refractivity contribution in [1.29, 1.82) is 0 Å². The Morgan fingerprint density at radius 3 is 2.44 bits per heavy atom. The molecule has 2 aromatic rings. The third-order valence-corrected chi connectivity index (χ3v) is 3.25. The van der Waals surface area contributed by atoms with Crippen LogP contribution in [-0.4, -0.2) is 17.5 Å². The second-order valence-electron chi connectivity index (χ2n) is 5.38. The highest BCUT2D eigenvalue weighted by Gasteiger charge is 2.07. The lowest BCUT2D eigenvalue weighted by atomic mass is 10.2. The van der Waals surface area contributed by atoms with Gasteiger partial charge in [0.25, 0.3) is 5.91 Å². The van der Waals surface area contributed by atoms with Crippen LogP contribution in [0.3, 0.4) is 0 Å². The van der Waals surface area contributed by atoms with E-state index in [-0.39, 0.29) is 30.3 Å². The van der Waals surface area contributed by atoms with Crippen LogP contribution in [0.25, 0.3) is 0 Å². The van der Waals surface area contributed by atoms with Crippen molar-refractivity contribution >= 4 is 17.5 Å². The number of rotatable bonds is 6. The summed E-state index contributed by atoms with van der Waals surface area (Å²) < 4.78 is 25.8. The van der Waals surface area contributed by atoms with Crippen LogP contribution in [0.1, 0.15) is 29.3 Å². The fraction of sp³-hybridized carbons (Fsp3) is 0.167. The SMILES string of the molecule is CC(CC(=O)NCc1ccc(F)cc1)=NNC(=O)c1cccc(F)c1. The maximum Gasteiger partial charge on any atom is 0.271 e. The van der Waals surface area contributed by atoms with Gasteiger partial charge in [0.05, 0.1) is 6.42 Å². The minimum Gasteiger partial charge on any atom is -0.352 e. The third-order valence-electron chi connectivity index (χ3n) is 3.25. The summed E-state index contributed by atoms with van der Waals surface area (Å²) in [5, 5.41) is 6.49. The number of amides is 2. The summed E-state index contributed by atoms with van der Waals surface area (Å²) in [5.41, 5.74) is 3.57. The molecule has 0 fully saturated rings. The first-order chi connectivity index (χ1) is 11.9. The van der Waals surface area contributed by atoms with Gasteiger partial charge in [-0.3, -0.25) is 9.59 Å². The van der Waals surface area contributed by atoms with Gasteiger partial charge >= 0.3 is 0 Å². The van der Waals surface area contributed by atoms with E-state index >= 15 is 0 Å². The Morgan fingerprint density at radius 2 is 1.76 bits per heavy atom. The molecule has 0 aliphatic carbocycles. The molecular formula is C18H17F2N3O2. The van der Waals surface area contributed by atoms with Gasteiger partial charge in [0, 0.05) is 17.8 Å². The third kappa shape index (κ3) is 6.14. The van der Waals surface area contributed by atoms with E-state index in [0.29, 0.717) is 5.71 Å². The van der Waals surface area contributed by atoms with Gasteiger partial charge in [0.2, 0.25) is 5.91 Å². The largest absolute Gasteiger partial charge is 0.352 e. The van der Waals surface area contributed by atoms with Gasteiger partial charge in [-0.15, -0.1) is 0 Å². The van der Waals surface area contributed by atoms with E-state index in [4.69, 9.17) is 0 Å². The van der Waals surface area contributed by atoms with Crippen LogP contribution < -0.4 is 10.7 Å². The summed E-state index contributed by atoms with van der Waals surface area (Å²) in [6, 6.07) is 11.0. The van der Waals surface area contributed by atoms with Crippen molar-refractivity contribution < 1.29 is 18.4 Å². The van der Waals surface area contributed by atoms with Gasteiger partial charge in [-0.25, -0.2) is 14.2 Å². The van der Waals surface area contributed by atoms with Crippen LogP contribution in [0.4, 0.5) is 8.78 Å². The Kier molecular flexibility index (Phi) is 6.33. The summed E-state index contributed by atoms with van der Waals surface area (Å²) in [6.07, 6.45) is -0.00930. The van der Waals surface area contributed by atoms with E-state index < -0.39 is 11.7 Å². The summed E-state index contributed by atoms with van der Waals surface area (Å²) in [7, 11) is 0. The Morgan fingerprint density at radius 1 is 1.04 bits per heavy atom. The molecule has 7 heteroatoms. The van der Waals surface area contributed by atoms with E-state index in [2.05, 4.69) is 15.8 Å². The first-order valence-electron chi connectivity index (χ1n) is 7.54. The van der Waals surface area contributed by atoms with Crippen molar-refractivity contribution in [3.05, 3.63) is 71.3 Å². The molecule has 25 heavy (non-hydrogen) atoms. The van der Waals surface area contributed by atoms with E-state index in [9.17, 15) is 18.4 Å². The van der Waals surface area contributed by atoms with Crippen LogP contribution in [0, 0.1) is 11.6 Å². The maximum atomic E-state index is 13.1. The van der Waals surface area contributed by atoms with Crippen molar-refractivity contribution in [2.24, 2.45) is 5.10 Å². The second-order valence-corrected chi connectivity index (χ2v) is 5.38. The minimum atomic E-state index is -0.564. The molecule has 0 aromatic heterocycles. The fourth-order valence-corrected chi connectivity index (χ4v) is 1.98. The van der Waals surface area contributed by atoms with Crippen molar-refractivity contribution in [1.82, 2.24) is 10.7 Å². The minimum absolute atomic E-state index is 0.00930. The van der Waals surface area contributed by atoms with Crippen LogP contribution in [0.2, 0.25) is 0 Å².